The van der Waals surface area contributed by atoms with Crippen molar-refractivity contribution in [1.82, 2.24) is 10.2 Å². The van der Waals surface area contributed by atoms with Gasteiger partial charge in [0.1, 0.15) is 23.1 Å². The molecule has 6 heteroatoms. The highest BCUT2D eigenvalue weighted by molar-refractivity contribution is 5.80. The summed E-state index contributed by atoms with van der Waals surface area (Å²) >= 11 is 0. The third kappa shape index (κ3) is 3.41. The summed E-state index contributed by atoms with van der Waals surface area (Å²) in [6.07, 6.45) is 6.75. The molecule has 2 amide bonds. The van der Waals surface area contributed by atoms with E-state index in [4.69, 9.17) is 9.47 Å². The number of carbonyl (C=O) groups excluding carboxylic acids is 1. The molecule has 6 nitrogen and oxygen atoms in total. The minimum Gasteiger partial charge on any atom is -0.492 e. The van der Waals surface area contributed by atoms with E-state index < -0.39 is 0 Å². The van der Waals surface area contributed by atoms with E-state index in [-0.39, 0.29) is 17.0 Å². The molecule has 0 bridgehead atoms. The van der Waals surface area contributed by atoms with E-state index in [1.165, 1.54) is 5.56 Å². The van der Waals surface area contributed by atoms with Crippen LogP contribution in [0.25, 0.3) is 0 Å². The molecule has 2 aliphatic heterocycles. The number of aryl methyl sites for hydroxylation is 1. The monoisotopic (exact) mass is 395 g/mol. The largest absolute Gasteiger partial charge is 0.492 e. The predicted molar refractivity (Wildman–Crippen MR) is 114 cm³/mol. The molecule has 0 aromatic heterocycles. The Bertz CT molecular complexity index is 930. The minimum absolute atomic E-state index is 0.138. The topological polar surface area (TPSA) is 63.2 Å². The molecular formula is C23H29N3O3. The summed E-state index contributed by atoms with van der Waals surface area (Å²) in [6.45, 7) is 13.0. The summed E-state index contributed by atoms with van der Waals surface area (Å²) in [6, 6.07) is 3.91. The summed E-state index contributed by atoms with van der Waals surface area (Å²) in [7, 11) is 0. The number of nitrogens with one attached hydrogen (secondary N) is 1. The molecular weight excluding hydrogens is 366 g/mol. The van der Waals surface area contributed by atoms with Gasteiger partial charge in [-0.25, -0.2) is 9.79 Å². The molecule has 1 aliphatic carbocycles. The van der Waals surface area contributed by atoms with Crippen LogP contribution in [0.4, 0.5) is 4.79 Å². The molecule has 1 aromatic carbocycles. The van der Waals surface area contributed by atoms with Crippen LogP contribution in [0.2, 0.25) is 0 Å². The molecule has 2 heterocycles. The highest BCUT2D eigenvalue weighted by Crippen LogP contribution is 2.59. The highest BCUT2D eigenvalue weighted by Gasteiger charge is 2.53. The Balaban J connectivity index is 1.55. The lowest BCUT2D eigenvalue weighted by atomic mass is 9.95. The maximum Gasteiger partial charge on any atom is 0.323 e. The number of allylic oxidation sites excluding steroid dienone is 3. The van der Waals surface area contributed by atoms with Crippen LogP contribution in [-0.4, -0.2) is 36.3 Å². The number of rotatable bonds is 6. The van der Waals surface area contributed by atoms with Crippen molar-refractivity contribution >= 4 is 12.7 Å². The van der Waals surface area contributed by atoms with Crippen molar-refractivity contribution in [3.8, 4) is 11.5 Å². The van der Waals surface area contributed by atoms with Gasteiger partial charge in [0.2, 0.25) is 0 Å². The van der Waals surface area contributed by atoms with Crippen LogP contribution in [0.5, 0.6) is 11.5 Å². The van der Waals surface area contributed by atoms with Gasteiger partial charge in [-0.2, -0.15) is 0 Å². The summed E-state index contributed by atoms with van der Waals surface area (Å²) < 4.78 is 12.2. The molecule has 1 atom stereocenters. The number of benzene rings is 1. The second kappa shape index (κ2) is 6.94. The van der Waals surface area contributed by atoms with Crippen molar-refractivity contribution in [1.29, 1.82) is 0 Å². The Kier molecular flexibility index (Phi) is 4.68. The highest BCUT2D eigenvalue weighted by atomic mass is 16.5. The summed E-state index contributed by atoms with van der Waals surface area (Å²) in [4.78, 5) is 18.0. The van der Waals surface area contributed by atoms with Gasteiger partial charge in [0, 0.05) is 11.0 Å². The first-order chi connectivity index (χ1) is 13.8. The van der Waals surface area contributed by atoms with Gasteiger partial charge in [-0.1, -0.05) is 13.0 Å². The first kappa shape index (κ1) is 19.6. The van der Waals surface area contributed by atoms with Crippen LogP contribution < -0.4 is 14.8 Å². The fourth-order valence-corrected chi connectivity index (χ4v) is 4.07. The molecule has 0 radical (unpaired) electrons. The van der Waals surface area contributed by atoms with Crippen LogP contribution >= 0.6 is 0 Å². The maximum absolute atomic E-state index is 12.3. The summed E-state index contributed by atoms with van der Waals surface area (Å²) in [5.41, 5.74) is 2.24. The van der Waals surface area contributed by atoms with Crippen LogP contribution in [-0.2, 0) is 5.41 Å². The van der Waals surface area contributed by atoms with Crippen molar-refractivity contribution in [3.05, 3.63) is 47.0 Å². The number of ether oxygens (including phenoxy) is 2. The van der Waals surface area contributed by atoms with Gasteiger partial charge in [0.05, 0.1) is 18.7 Å². The normalized spacial score (nSPS) is 25.0. The quantitative estimate of drug-likeness (QED) is 0.440. The van der Waals surface area contributed by atoms with Gasteiger partial charge in [0.25, 0.3) is 0 Å². The zero-order valence-electron chi connectivity index (χ0n) is 17.7. The molecule has 1 spiro atoms. The lowest BCUT2D eigenvalue weighted by Crippen LogP contribution is -2.39. The molecule has 4 rings (SSSR count). The third-order valence-electron chi connectivity index (χ3n) is 6.31. The number of carbonyl (C=O) groups is 1. The number of nitrogens with zero attached hydrogens (tertiary/aromatic N) is 2. The minimum atomic E-state index is -0.253. The van der Waals surface area contributed by atoms with E-state index in [1.807, 2.05) is 32.1 Å². The average Bonchev–Trinajstić information content (AvgIpc) is 3.27. The van der Waals surface area contributed by atoms with Crippen molar-refractivity contribution in [2.24, 2.45) is 4.99 Å². The molecule has 1 N–H and O–H groups in total. The number of aliphatic imine (C=N–C) groups is 1. The van der Waals surface area contributed by atoms with Crippen molar-refractivity contribution in [2.75, 3.05) is 13.2 Å². The van der Waals surface area contributed by atoms with E-state index in [9.17, 15) is 4.79 Å². The molecule has 0 unspecified atom stereocenters. The zero-order chi connectivity index (χ0) is 20.8. The van der Waals surface area contributed by atoms with Crippen molar-refractivity contribution in [3.63, 3.8) is 0 Å². The molecule has 1 saturated heterocycles. The summed E-state index contributed by atoms with van der Waals surface area (Å²) in [5, 5.41) is 3.01. The summed E-state index contributed by atoms with van der Waals surface area (Å²) in [5.74, 6) is 3.06. The van der Waals surface area contributed by atoms with Crippen molar-refractivity contribution < 1.29 is 14.3 Å². The average molecular weight is 396 g/mol. The van der Waals surface area contributed by atoms with Crippen LogP contribution in [0.15, 0.2) is 40.9 Å². The lowest BCUT2D eigenvalue weighted by molar-refractivity contribution is 0.227. The first-order valence-corrected chi connectivity index (χ1v) is 10.2. The Morgan fingerprint density at radius 2 is 2.17 bits per heavy atom. The Morgan fingerprint density at radius 3 is 2.79 bits per heavy atom. The Morgan fingerprint density at radius 1 is 1.41 bits per heavy atom. The molecule has 1 aromatic rings. The molecule has 3 aliphatic rings. The van der Waals surface area contributed by atoms with Gasteiger partial charge in [-0.05, 0) is 70.5 Å². The van der Waals surface area contributed by atoms with E-state index in [0.717, 1.165) is 48.7 Å². The van der Waals surface area contributed by atoms with Gasteiger partial charge < -0.3 is 14.8 Å². The smallest absolute Gasteiger partial charge is 0.323 e. The van der Waals surface area contributed by atoms with Crippen molar-refractivity contribution in [2.45, 2.75) is 57.9 Å². The number of amides is 2. The molecule has 1 saturated carbocycles. The van der Waals surface area contributed by atoms with E-state index in [2.05, 4.69) is 30.9 Å². The Labute approximate surface area is 172 Å². The fourth-order valence-electron chi connectivity index (χ4n) is 4.07. The second-order valence-electron chi connectivity index (χ2n) is 8.65. The number of hydrogen-bond acceptors (Lipinski definition) is 4. The third-order valence-corrected chi connectivity index (χ3v) is 6.31. The van der Waals surface area contributed by atoms with Gasteiger partial charge in [-0.3, -0.25) is 4.90 Å². The van der Waals surface area contributed by atoms with E-state index in [0.29, 0.717) is 12.4 Å². The maximum atomic E-state index is 12.3. The number of hydrogen-bond donors (Lipinski definition) is 1. The SMILES string of the molecule is C=N/C(=C\C=C(/C)Oc1ccc(C)c2c1C1(CC1)CO2)N1C[C@@](C)(CC)NC1=O. The standard InChI is InChI=1S/C23H29N3O3/c1-6-22(4)13-26(21(27)25-22)18(24-5)10-8-16(3)29-17-9-7-15(2)20-19(17)23(11-12-23)14-28-20/h7-10H,5-6,11-14H2,1-4H3,(H,25,27)/b16-8+,18-10+/t22-/m1/s1. The lowest BCUT2D eigenvalue weighted by Gasteiger charge is -2.21. The Hall–Kier alpha value is -2.76. The first-order valence-electron chi connectivity index (χ1n) is 10.2. The number of urea groups is 1. The second-order valence-corrected chi connectivity index (χ2v) is 8.65. The zero-order valence-corrected chi connectivity index (χ0v) is 17.7. The predicted octanol–water partition coefficient (Wildman–Crippen LogP) is 4.44. The van der Waals surface area contributed by atoms with Crippen LogP contribution in [0.3, 0.4) is 0 Å². The van der Waals surface area contributed by atoms with Gasteiger partial charge in [-0.15, -0.1) is 0 Å². The molecule has 154 valence electrons. The van der Waals surface area contributed by atoms with E-state index in [1.54, 1.807) is 11.0 Å². The van der Waals surface area contributed by atoms with Gasteiger partial charge >= 0.3 is 6.03 Å². The van der Waals surface area contributed by atoms with Gasteiger partial charge in [0.15, 0.2) is 0 Å². The van der Waals surface area contributed by atoms with Crippen LogP contribution in [0.1, 0.15) is 51.2 Å². The van der Waals surface area contributed by atoms with Crippen LogP contribution in [0, 0.1) is 6.92 Å². The molecule has 2 fully saturated rings. The van der Waals surface area contributed by atoms with E-state index >= 15 is 0 Å². The fraction of sp³-hybridized carbons (Fsp3) is 0.478. The molecule has 29 heavy (non-hydrogen) atoms. The number of fused-ring (bicyclic) bond motifs is 2.